The summed E-state index contributed by atoms with van der Waals surface area (Å²) in [7, 11) is 0. The van der Waals surface area contributed by atoms with E-state index in [0.717, 1.165) is 6.08 Å². The van der Waals surface area contributed by atoms with E-state index in [0.29, 0.717) is 0 Å². The predicted molar refractivity (Wildman–Crippen MR) is 39.8 cm³/mol. The number of carbonyl (C=O) groups excluding carboxylic acids is 1. The second-order valence-corrected chi connectivity index (χ2v) is 2.43. The molecule has 0 radical (unpaired) electrons. The fourth-order valence-corrected chi connectivity index (χ4v) is 0.485. The highest BCUT2D eigenvalue weighted by Gasteiger charge is 2.14. The maximum Gasteiger partial charge on any atom is 0.331 e. The quantitative estimate of drug-likeness (QED) is 0.274. The van der Waals surface area contributed by atoms with Crippen molar-refractivity contribution in [2.45, 2.75) is 20.1 Å². The van der Waals surface area contributed by atoms with E-state index in [9.17, 15) is 4.79 Å². The highest BCUT2D eigenvalue weighted by Crippen LogP contribution is 2.02. The molecule has 0 saturated heterocycles. The van der Waals surface area contributed by atoms with Crippen molar-refractivity contribution in [3.8, 4) is 0 Å². The number of hydroxylamine groups is 1. The van der Waals surface area contributed by atoms with Crippen LogP contribution in [0.2, 0.25) is 0 Å². The molecule has 0 spiro atoms. The number of esters is 1. The van der Waals surface area contributed by atoms with Gasteiger partial charge in [0, 0.05) is 12.0 Å². The average Bonchev–Trinajstić information content (AvgIpc) is 1.99. The van der Waals surface area contributed by atoms with Gasteiger partial charge >= 0.3 is 5.97 Å². The number of carbonyl (C=O) groups is 1. The van der Waals surface area contributed by atoms with Crippen LogP contribution in [0.3, 0.4) is 0 Å². The fourth-order valence-electron chi connectivity index (χ4n) is 0.485. The summed E-state index contributed by atoms with van der Waals surface area (Å²) in [5.41, 5.74) is 1.88. The third-order valence-corrected chi connectivity index (χ3v) is 1.14. The van der Waals surface area contributed by atoms with Crippen molar-refractivity contribution in [1.82, 2.24) is 5.48 Å². The van der Waals surface area contributed by atoms with Crippen molar-refractivity contribution >= 4 is 5.97 Å². The number of nitrogens with one attached hydrogen (secondary N) is 1. The Morgan fingerprint density at radius 2 is 2.27 bits per heavy atom. The molecule has 0 fully saturated rings. The van der Waals surface area contributed by atoms with E-state index in [2.05, 4.69) is 6.58 Å². The summed E-state index contributed by atoms with van der Waals surface area (Å²) >= 11 is 0. The summed E-state index contributed by atoms with van der Waals surface area (Å²) in [4.78, 5) is 10.6. The van der Waals surface area contributed by atoms with E-state index >= 15 is 0 Å². The number of rotatable bonds is 4. The summed E-state index contributed by atoms with van der Waals surface area (Å²) in [6, 6.07) is 0. The molecular weight excluding hydrogens is 146 g/mol. The van der Waals surface area contributed by atoms with Gasteiger partial charge in [-0.2, -0.15) is 5.48 Å². The molecule has 0 heterocycles. The predicted octanol–water partition coefficient (Wildman–Crippen LogP) is 0.676. The second kappa shape index (κ2) is 4.87. The minimum Gasteiger partial charge on any atom is -0.441 e. The topological polar surface area (TPSA) is 58.6 Å². The van der Waals surface area contributed by atoms with Gasteiger partial charge in [-0.15, -0.1) is 0 Å². The smallest absolute Gasteiger partial charge is 0.331 e. The third-order valence-electron chi connectivity index (χ3n) is 1.14. The lowest BCUT2D eigenvalue weighted by atomic mass is 10.2. The molecule has 0 bridgehead atoms. The zero-order chi connectivity index (χ0) is 8.85. The zero-order valence-corrected chi connectivity index (χ0v) is 6.70. The average molecular weight is 159 g/mol. The molecule has 0 aromatic carbocycles. The summed E-state index contributed by atoms with van der Waals surface area (Å²) in [5, 5.41) is 8.48. The molecule has 0 saturated carbocycles. The monoisotopic (exact) mass is 159 g/mol. The lowest BCUT2D eigenvalue weighted by Crippen LogP contribution is -2.35. The lowest BCUT2D eigenvalue weighted by molar-refractivity contribution is -0.154. The van der Waals surface area contributed by atoms with Crippen LogP contribution in [-0.4, -0.2) is 17.4 Å². The Hall–Kier alpha value is -0.870. The van der Waals surface area contributed by atoms with E-state index in [1.165, 1.54) is 0 Å². The van der Waals surface area contributed by atoms with Crippen molar-refractivity contribution in [3.05, 3.63) is 12.7 Å². The number of hydrogen-bond acceptors (Lipinski definition) is 4. The van der Waals surface area contributed by atoms with Gasteiger partial charge in [-0.3, -0.25) is 0 Å². The first-order valence-electron chi connectivity index (χ1n) is 3.34. The molecule has 0 aromatic rings. The normalized spacial score (nSPS) is 12.7. The molecule has 0 aliphatic rings. The van der Waals surface area contributed by atoms with Crippen LogP contribution in [0.25, 0.3) is 0 Å². The van der Waals surface area contributed by atoms with Crippen LogP contribution in [0.5, 0.6) is 0 Å². The third kappa shape index (κ3) is 3.75. The molecule has 0 aliphatic carbocycles. The molecule has 4 nitrogen and oxygen atoms in total. The Morgan fingerprint density at radius 1 is 1.73 bits per heavy atom. The molecule has 1 atom stereocenters. The van der Waals surface area contributed by atoms with Gasteiger partial charge in [-0.05, 0) is 0 Å². The summed E-state index contributed by atoms with van der Waals surface area (Å²) in [6.07, 6.45) is 0.382. The zero-order valence-electron chi connectivity index (χ0n) is 6.70. The van der Waals surface area contributed by atoms with Gasteiger partial charge in [0.15, 0.2) is 6.23 Å². The summed E-state index contributed by atoms with van der Waals surface area (Å²) < 4.78 is 4.69. The van der Waals surface area contributed by atoms with Crippen molar-refractivity contribution < 1.29 is 14.7 Å². The Bertz CT molecular complexity index is 145. The summed E-state index contributed by atoms with van der Waals surface area (Å²) in [6.45, 7) is 6.84. The Kier molecular flexibility index (Phi) is 4.49. The highest BCUT2D eigenvalue weighted by atomic mass is 16.6. The largest absolute Gasteiger partial charge is 0.441 e. The van der Waals surface area contributed by atoms with Gasteiger partial charge in [0.1, 0.15) is 0 Å². The highest BCUT2D eigenvalue weighted by molar-refractivity contribution is 5.81. The molecule has 4 heteroatoms. The van der Waals surface area contributed by atoms with Gasteiger partial charge < -0.3 is 9.94 Å². The van der Waals surface area contributed by atoms with E-state index in [1.54, 1.807) is 0 Å². The first kappa shape index (κ1) is 10.1. The molecular formula is C7H13NO3. The molecule has 0 aromatic heterocycles. The first-order valence-corrected chi connectivity index (χ1v) is 3.34. The minimum absolute atomic E-state index is 0.0175. The Labute approximate surface area is 65.8 Å². The van der Waals surface area contributed by atoms with Crippen molar-refractivity contribution in [3.63, 3.8) is 0 Å². The van der Waals surface area contributed by atoms with E-state index in [1.807, 2.05) is 19.3 Å². The van der Waals surface area contributed by atoms with Gasteiger partial charge in [-0.25, -0.2) is 4.79 Å². The first-order chi connectivity index (χ1) is 5.11. The van der Waals surface area contributed by atoms with Gasteiger partial charge in [0.25, 0.3) is 0 Å². The molecule has 2 N–H and O–H groups in total. The molecule has 64 valence electrons. The molecule has 0 aliphatic heterocycles. The van der Waals surface area contributed by atoms with Crippen LogP contribution in [0.1, 0.15) is 13.8 Å². The molecule has 0 amide bonds. The standard InChI is InChI=1S/C7H13NO3/c1-4-6(9)11-7(8-10)5(2)3/h4-5,7-8,10H,1H2,2-3H3. The van der Waals surface area contributed by atoms with Crippen LogP contribution in [0.15, 0.2) is 12.7 Å². The maximum atomic E-state index is 10.6. The number of ether oxygens (including phenoxy) is 1. The maximum absolute atomic E-state index is 10.6. The van der Waals surface area contributed by atoms with Crippen molar-refractivity contribution in [2.75, 3.05) is 0 Å². The van der Waals surface area contributed by atoms with Crippen LogP contribution in [0, 0.1) is 5.92 Å². The van der Waals surface area contributed by atoms with Crippen molar-refractivity contribution in [2.24, 2.45) is 5.92 Å². The summed E-state index contributed by atoms with van der Waals surface area (Å²) in [5.74, 6) is -0.533. The van der Waals surface area contributed by atoms with Crippen LogP contribution in [0.4, 0.5) is 0 Å². The van der Waals surface area contributed by atoms with Gasteiger partial charge in [0.2, 0.25) is 0 Å². The lowest BCUT2D eigenvalue weighted by Gasteiger charge is -2.17. The van der Waals surface area contributed by atoms with E-state index < -0.39 is 12.2 Å². The molecule has 1 unspecified atom stereocenters. The van der Waals surface area contributed by atoms with Crippen molar-refractivity contribution in [1.29, 1.82) is 0 Å². The van der Waals surface area contributed by atoms with E-state index in [4.69, 9.17) is 9.94 Å². The fraction of sp³-hybridized carbons (Fsp3) is 0.571. The van der Waals surface area contributed by atoms with Crippen LogP contribution >= 0.6 is 0 Å². The van der Waals surface area contributed by atoms with E-state index in [-0.39, 0.29) is 5.92 Å². The Balaban J connectivity index is 3.87. The minimum atomic E-state index is -0.666. The second-order valence-electron chi connectivity index (χ2n) is 2.43. The Morgan fingerprint density at radius 3 is 2.55 bits per heavy atom. The van der Waals surface area contributed by atoms with Gasteiger partial charge in [0.05, 0.1) is 0 Å². The van der Waals surface area contributed by atoms with Crippen LogP contribution in [-0.2, 0) is 9.53 Å². The van der Waals surface area contributed by atoms with Gasteiger partial charge in [-0.1, -0.05) is 20.4 Å². The SMILES string of the molecule is C=CC(=O)OC(NO)C(C)C. The van der Waals surface area contributed by atoms with Crippen LogP contribution < -0.4 is 5.48 Å². The molecule has 11 heavy (non-hydrogen) atoms. The number of hydrogen-bond donors (Lipinski definition) is 2. The molecule has 0 rings (SSSR count).